The topological polar surface area (TPSA) is 9.23 Å². The molecule has 2 heteroatoms. The Labute approximate surface area is 77.5 Å². The molecule has 0 spiro atoms. The van der Waals surface area contributed by atoms with Gasteiger partial charge in [0.1, 0.15) is 5.82 Å². The molecule has 1 nitrogen and oxygen atoms in total. The molecule has 0 aromatic heterocycles. The zero-order chi connectivity index (χ0) is 9.26. The third kappa shape index (κ3) is 1.73. The van der Waals surface area contributed by atoms with E-state index in [0.717, 1.165) is 13.2 Å². The second-order valence-corrected chi connectivity index (χ2v) is 3.67. The maximum atomic E-state index is 12.6. The molecule has 1 unspecified atom stereocenters. The van der Waals surface area contributed by atoms with Gasteiger partial charge in [0.15, 0.2) is 0 Å². The average molecular weight is 180 g/mol. The van der Waals surface area contributed by atoms with Gasteiger partial charge in [0, 0.05) is 12.5 Å². The summed E-state index contributed by atoms with van der Waals surface area (Å²) in [6.45, 7) is 3.76. The van der Waals surface area contributed by atoms with Crippen molar-refractivity contribution < 1.29 is 9.13 Å². The molecule has 2 rings (SSSR count). The van der Waals surface area contributed by atoms with Crippen LogP contribution in [0.5, 0.6) is 0 Å². The Bertz CT molecular complexity index is 281. The molecule has 0 radical (unpaired) electrons. The summed E-state index contributed by atoms with van der Waals surface area (Å²) < 4.78 is 18.0. The zero-order valence-corrected chi connectivity index (χ0v) is 7.66. The summed E-state index contributed by atoms with van der Waals surface area (Å²) >= 11 is 0. The number of benzene rings is 1. The van der Waals surface area contributed by atoms with Crippen molar-refractivity contribution in [3.8, 4) is 0 Å². The normalized spacial score (nSPS) is 27.8. The van der Waals surface area contributed by atoms with E-state index >= 15 is 0 Å². The van der Waals surface area contributed by atoms with Crippen LogP contribution in [0, 0.1) is 11.7 Å². The van der Waals surface area contributed by atoms with Crippen molar-refractivity contribution in [2.45, 2.75) is 12.8 Å². The highest BCUT2D eigenvalue weighted by molar-refractivity contribution is 5.21. The van der Waals surface area contributed by atoms with E-state index in [-0.39, 0.29) is 5.82 Å². The van der Waals surface area contributed by atoms with Gasteiger partial charge in [-0.25, -0.2) is 4.39 Å². The molecule has 0 bridgehead atoms. The molecule has 2 atom stereocenters. The highest BCUT2D eigenvalue weighted by atomic mass is 19.1. The van der Waals surface area contributed by atoms with Crippen LogP contribution < -0.4 is 0 Å². The van der Waals surface area contributed by atoms with Gasteiger partial charge >= 0.3 is 0 Å². The smallest absolute Gasteiger partial charge is 0.123 e. The van der Waals surface area contributed by atoms with Gasteiger partial charge in [-0.15, -0.1) is 0 Å². The minimum atomic E-state index is -0.171. The third-order valence-electron chi connectivity index (χ3n) is 2.66. The van der Waals surface area contributed by atoms with Crippen LogP contribution >= 0.6 is 0 Å². The number of hydrogen-bond acceptors (Lipinski definition) is 1. The van der Waals surface area contributed by atoms with Gasteiger partial charge < -0.3 is 4.74 Å². The lowest BCUT2D eigenvalue weighted by Gasteiger charge is -2.12. The van der Waals surface area contributed by atoms with E-state index in [2.05, 4.69) is 6.92 Å². The standard InChI is InChI=1S/C11H13FO/c1-8-6-13-7-11(8)9-2-4-10(12)5-3-9/h2-5,8,11H,6-7H2,1H3/t8-,11?/m0/s1. The predicted molar refractivity (Wildman–Crippen MR) is 49.1 cm³/mol. The summed E-state index contributed by atoms with van der Waals surface area (Å²) in [5, 5.41) is 0. The highest BCUT2D eigenvalue weighted by Gasteiger charge is 2.25. The Kier molecular flexibility index (Phi) is 2.32. The fraction of sp³-hybridized carbons (Fsp3) is 0.455. The maximum Gasteiger partial charge on any atom is 0.123 e. The van der Waals surface area contributed by atoms with Crippen LogP contribution in [-0.4, -0.2) is 13.2 Å². The number of rotatable bonds is 1. The van der Waals surface area contributed by atoms with Gasteiger partial charge in [0.25, 0.3) is 0 Å². The maximum absolute atomic E-state index is 12.6. The third-order valence-corrected chi connectivity index (χ3v) is 2.66. The van der Waals surface area contributed by atoms with Crippen LogP contribution in [0.25, 0.3) is 0 Å². The van der Waals surface area contributed by atoms with E-state index in [4.69, 9.17) is 4.74 Å². The first-order valence-electron chi connectivity index (χ1n) is 4.60. The molecular weight excluding hydrogens is 167 g/mol. The quantitative estimate of drug-likeness (QED) is 0.645. The van der Waals surface area contributed by atoms with Crippen LogP contribution in [0.1, 0.15) is 18.4 Å². The molecule has 0 aliphatic carbocycles. The minimum absolute atomic E-state index is 0.171. The van der Waals surface area contributed by atoms with Gasteiger partial charge in [0.05, 0.1) is 6.61 Å². The molecule has 1 aliphatic rings. The van der Waals surface area contributed by atoms with Crippen molar-refractivity contribution in [1.82, 2.24) is 0 Å². The van der Waals surface area contributed by atoms with Crippen LogP contribution in [-0.2, 0) is 4.74 Å². The largest absolute Gasteiger partial charge is 0.381 e. The molecule has 70 valence electrons. The summed E-state index contributed by atoms with van der Waals surface area (Å²) in [6.07, 6.45) is 0. The minimum Gasteiger partial charge on any atom is -0.381 e. The fourth-order valence-electron chi connectivity index (χ4n) is 1.80. The van der Waals surface area contributed by atoms with Crippen molar-refractivity contribution in [2.24, 2.45) is 5.92 Å². The number of halogens is 1. The average Bonchev–Trinajstić information content (AvgIpc) is 2.53. The molecule has 1 saturated heterocycles. The monoisotopic (exact) mass is 180 g/mol. The van der Waals surface area contributed by atoms with E-state index < -0.39 is 0 Å². The molecule has 1 aliphatic heterocycles. The molecule has 0 N–H and O–H groups in total. The lowest BCUT2D eigenvalue weighted by molar-refractivity contribution is 0.186. The number of ether oxygens (including phenoxy) is 1. The fourth-order valence-corrected chi connectivity index (χ4v) is 1.80. The lowest BCUT2D eigenvalue weighted by Crippen LogP contribution is -2.06. The summed E-state index contributed by atoms with van der Waals surface area (Å²) in [6, 6.07) is 6.73. The second-order valence-electron chi connectivity index (χ2n) is 3.67. The Morgan fingerprint density at radius 3 is 2.46 bits per heavy atom. The molecule has 0 amide bonds. The second kappa shape index (κ2) is 3.46. The molecule has 13 heavy (non-hydrogen) atoms. The van der Waals surface area contributed by atoms with Crippen molar-refractivity contribution >= 4 is 0 Å². The first kappa shape index (κ1) is 8.70. The van der Waals surface area contributed by atoms with E-state index in [1.165, 1.54) is 17.7 Å². The summed E-state index contributed by atoms with van der Waals surface area (Å²) in [4.78, 5) is 0. The van der Waals surface area contributed by atoms with Crippen LogP contribution in [0.15, 0.2) is 24.3 Å². The molecular formula is C11H13FO. The predicted octanol–water partition coefficient (Wildman–Crippen LogP) is 2.58. The van der Waals surface area contributed by atoms with Crippen molar-refractivity contribution in [1.29, 1.82) is 0 Å². The number of hydrogen-bond donors (Lipinski definition) is 0. The summed E-state index contributed by atoms with van der Waals surface area (Å²) in [7, 11) is 0. The Balaban J connectivity index is 2.20. The molecule has 1 aromatic rings. The highest BCUT2D eigenvalue weighted by Crippen LogP contribution is 2.30. The molecule has 1 aromatic carbocycles. The molecule has 0 saturated carbocycles. The summed E-state index contributed by atoms with van der Waals surface area (Å²) in [5.74, 6) is 0.821. The lowest BCUT2D eigenvalue weighted by atomic mass is 9.90. The molecule has 1 fully saturated rings. The first-order valence-corrected chi connectivity index (χ1v) is 4.60. The van der Waals surface area contributed by atoms with Crippen LogP contribution in [0.3, 0.4) is 0 Å². The Morgan fingerprint density at radius 1 is 1.23 bits per heavy atom. The first-order chi connectivity index (χ1) is 6.27. The van der Waals surface area contributed by atoms with E-state index in [0.29, 0.717) is 11.8 Å². The Hall–Kier alpha value is -0.890. The van der Waals surface area contributed by atoms with Crippen molar-refractivity contribution in [3.05, 3.63) is 35.6 Å². The molecule has 1 heterocycles. The van der Waals surface area contributed by atoms with Crippen molar-refractivity contribution in [3.63, 3.8) is 0 Å². The van der Waals surface area contributed by atoms with Gasteiger partial charge in [-0.1, -0.05) is 19.1 Å². The van der Waals surface area contributed by atoms with E-state index in [9.17, 15) is 4.39 Å². The van der Waals surface area contributed by atoms with Gasteiger partial charge in [-0.05, 0) is 23.6 Å². The van der Waals surface area contributed by atoms with E-state index in [1.807, 2.05) is 12.1 Å². The summed E-state index contributed by atoms with van der Waals surface area (Å²) in [5.41, 5.74) is 1.19. The van der Waals surface area contributed by atoms with Crippen LogP contribution in [0.2, 0.25) is 0 Å². The van der Waals surface area contributed by atoms with Gasteiger partial charge in [0.2, 0.25) is 0 Å². The van der Waals surface area contributed by atoms with E-state index in [1.54, 1.807) is 0 Å². The Morgan fingerprint density at radius 2 is 1.92 bits per heavy atom. The van der Waals surface area contributed by atoms with Gasteiger partial charge in [-0.3, -0.25) is 0 Å². The zero-order valence-electron chi connectivity index (χ0n) is 7.66. The SMILES string of the molecule is C[C@H]1COCC1c1ccc(F)cc1. The van der Waals surface area contributed by atoms with Gasteiger partial charge in [-0.2, -0.15) is 0 Å². The van der Waals surface area contributed by atoms with Crippen molar-refractivity contribution in [2.75, 3.05) is 13.2 Å². The van der Waals surface area contributed by atoms with Crippen LogP contribution in [0.4, 0.5) is 4.39 Å².